The number of hydrogen-bond acceptors (Lipinski definition) is 4. The zero-order chi connectivity index (χ0) is 17.9. The summed E-state index contributed by atoms with van der Waals surface area (Å²) in [5.41, 5.74) is 5.75. The molecule has 136 valence electrons. The van der Waals surface area contributed by atoms with E-state index in [1.165, 1.54) is 25.7 Å². The van der Waals surface area contributed by atoms with Crippen molar-refractivity contribution in [1.29, 1.82) is 0 Å². The van der Waals surface area contributed by atoms with Crippen LogP contribution in [0.5, 0.6) is 5.75 Å². The molecule has 1 aromatic heterocycles. The Balaban J connectivity index is 1.35. The first kappa shape index (κ1) is 17.0. The van der Waals surface area contributed by atoms with Crippen LogP contribution in [0, 0.1) is 11.8 Å². The molecule has 3 atom stereocenters. The Labute approximate surface area is 158 Å². The van der Waals surface area contributed by atoms with Gasteiger partial charge in [0.25, 0.3) is 0 Å². The second kappa shape index (κ2) is 7.45. The second-order valence-electron chi connectivity index (χ2n) is 7.05. The SMILES string of the molecule is COc1ccc(-c2[nH]ncc2C=NNC(=S)NC2CC3CCC2C3)cc1. The minimum absolute atomic E-state index is 0.507. The summed E-state index contributed by atoms with van der Waals surface area (Å²) in [6.45, 7) is 0. The smallest absolute Gasteiger partial charge is 0.187 e. The third kappa shape index (κ3) is 3.58. The highest BCUT2D eigenvalue weighted by Crippen LogP contribution is 2.44. The molecule has 1 heterocycles. The van der Waals surface area contributed by atoms with E-state index in [2.05, 4.69) is 26.0 Å². The Morgan fingerprint density at radius 1 is 1.31 bits per heavy atom. The average molecular weight is 369 g/mol. The fourth-order valence-corrected chi connectivity index (χ4v) is 4.37. The monoisotopic (exact) mass is 369 g/mol. The van der Waals surface area contributed by atoms with E-state index in [-0.39, 0.29) is 0 Å². The number of hydrazone groups is 1. The Bertz CT molecular complexity index is 801. The molecule has 3 unspecified atom stereocenters. The number of ether oxygens (including phenoxy) is 1. The normalized spacial score (nSPS) is 24.1. The maximum Gasteiger partial charge on any atom is 0.187 e. The standard InChI is InChI=1S/C19H23N5OS/c1-25-16-6-4-13(5-7-16)18-15(10-20-23-18)11-21-24-19(26)22-17-9-12-2-3-14(17)8-12/h4-7,10-12,14,17H,2-3,8-9H2,1H3,(H,20,23)(H2,22,24,26). The number of aromatic nitrogens is 2. The van der Waals surface area contributed by atoms with Gasteiger partial charge in [-0.2, -0.15) is 10.2 Å². The molecule has 0 amide bonds. The number of hydrogen-bond donors (Lipinski definition) is 3. The lowest BCUT2D eigenvalue weighted by Crippen LogP contribution is -2.42. The van der Waals surface area contributed by atoms with Crippen LogP contribution in [0.25, 0.3) is 11.3 Å². The van der Waals surface area contributed by atoms with E-state index >= 15 is 0 Å². The summed E-state index contributed by atoms with van der Waals surface area (Å²) >= 11 is 5.38. The summed E-state index contributed by atoms with van der Waals surface area (Å²) in [6, 6.07) is 8.32. The molecule has 0 saturated heterocycles. The molecule has 2 saturated carbocycles. The second-order valence-corrected chi connectivity index (χ2v) is 7.46. The Hall–Kier alpha value is -2.41. The van der Waals surface area contributed by atoms with Gasteiger partial charge in [-0.15, -0.1) is 0 Å². The molecule has 1 aromatic carbocycles. The fraction of sp³-hybridized carbons (Fsp3) is 0.421. The average Bonchev–Trinajstić information content (AvgIpc) is 3.39. The third-order valence-electron chi connectivity index (χ3n) is 5.47. The first-order chi connectivity index (χ1) is 12.7. The number of methoxy groups -OCH3 is 1. The van der Waals surface area contributed by atoms with Gasteiger partial charge in [0.2, 0.25) is 0 Å². The maximum absolute atomic E-state index is 5.38. The van der Waals surface area contributed by atoms with Crippen LogP contribution >= 0.6 is 12.2 Å². The van der Waals surface area contributed by atoms with Crippen molar-refractivity contribution in [1.82, 2.24) is 20.9 Å². The molecule has 2 bridgehead atoms. The molecule has 4 rings (SSSR count). The predicted molar refractivity (Wildman–Crippen MR) is 106 cm³/mol. The molecule has 3 N–H and O–H groups in total. The molecule has 0 spiro atoms. The van der Waals surface area contributed by atoms with E-state index in [4.69, 9.17) is 17.0 Å². The van der Waals surface area contributed by atoms with E-state index in [9.17, 15) is 0 Å². The number of H-pyrrole nitrogens is 1. The van der Waals surface area contributed by atoms with Crippen LogP contribution < -0.4 is 15.5 Å². The lowest BCUT2D eigenvalue weighted by molar-refractivity contribution is 0.389. The summed E-state index contributed by atoms with van der Waals surface area (Å²) in [5, 5.41) is 15.4. The summed E-state index contributed by atoms with van der Waals surface area (Å²) in [5.74, 6) is 2.49. The van der Waals surface area contributed by atoms with E-state index in [1.807, 2.05) is 24.3 Å². The summed E-state index contributed by atoms with van der Waals surface area (Å²) in [6.07, 6.45) is 8.78. The van der Waals surface area contributed by atoms with Gasteiger partial charge < -0.3 is 10.1 Å². The molecule has 0 aliphatic heterocycles. The summed E-state index contributed by atoms with van der Waals surface area (Å²) < 4.78 is 5.20. The van der Waals surface area contributed by atoms with Crippen molar-refractivity contribution in [3.05, 3.63) is 36.0 Å². The molecule has 0 radical (unpaired) electrons. The van der Waals surface area contributed by atoms with Crippen LogP contribution in [0.1, 0.15) is 31.2 Å². The van der Waals surface area contributed by atoms with Crippen LogP contribution in [-0.2, 0) is 0 Å². The van der Waals surface area contributed by atoms with Gasteiger partial charge in [0.15, 0.2) is 5.11 Å². The maximum atomic E-state index is 5.38. The van der Waals surface area contributed by atoms with Gasteiger partial charge in [-0.25, -0.2) is 0 Å². The topological polar surface area (TPSA) is 74.3 Å². The number of nitrogens with zero attached hydrogens (tertiary/aromatic N) is 2. The van der Waals surface area contributed by atoms with E-state index < -0.39 is 0 Å². The Morgan fingerprint density at radius 2 is 2.15 bits per heavy atom. The highest BCUT2D eigenvalue weighted by molar-refractivity contribution is 7.80. The van der Waals surface area contributed by atoms with E-state index in [0.29, 0.717) is 11.2 Å². The van der Waals surface area contributed by atoms with Gasteiger partial charge >= 0.3 is 0 Å². The Kier molecular flexibility index (Phi) is 4.88. The van der Waals surface area contributed by atoms with Crippen molar-refractivity contribution in [2.24, 2.45) is 16.9 Å². The van der Waals surface area contributed by atoms with Gasteiger partial charge in [0.1, 0.15) is 5.75 Å². The minimum atomic E-state index is 0.507. The number of rotatable bonds is 5. The molecule has 6 nitrogen and oxygen atoms in total. The van der Waals surface area contributed by atoms with Crippen LogP contribution in [-0.4, -0.2) is 34.7 Å². The zero-order valence-electron chi connectivity index (χ0n) is 14.7. The lowest BCUT2D eigenvalue weighted by Gasteiger charge is -2.23. The van der Waals surface area contributed by atoms with E-state index in [1.54, 1.807) is 19.5 Å². The molecule has 26 heavy (non-hydrogen) atoms. The molecular formula is C19H23N5OS. The molecule has 2 aliphatic carbocycles. The van der Waals surface area contributed by atoms with Crippen LogP contribution in [0.2, 0.25) is 0 Å². The van der Waals surface area contributed by atoms with Gasteiger partial charge in [0, 0.05) is 17.2 Å². The van der Waals surface area contributed by atoms with Crippen molar-refractivity contribution < 1.29 is 4.74 Å². The van der Waals surface area contributed by atoms with Crippen molar-refractivity contribution in [2.75, 3.05) is 7.11 Å². The summed E-state index contributed by atoms with van der Waals surface area (Å²) in [4.78, 5) is 0. The van der Waals surface area contributed by atoms with E-state index in [0.717, 1.165) is 34.4 Å². The highest BCUT2D eigenvalue weighted by atomic mass is 32.1. The molecular weight excluding hydrogens is 346 g/mol. The third-order valence-corrected chi connectivity index (χ3v) is 5.68. The lowest BCUT2D eigenvalue weighted by atomic mass is 9.96. The highest BCUT2D eigenvalue weighted by Gasteiger charge is 2.39. The van der Waals surface area contributed by atoms with Crippen molar-refractivity contribution >= 4 is 23.5 Å². The molecule has 2 aliphatic rings. The van der Waals surface area contributed by atoms with Crippen LogP contribution in [0.3, 0.4) is 0 Å². The largest absolute Gasteiger partial charge is 0.497 e. The van der Waals surface area contributed by atoms with Gasteiger partial charge in [-0.3, -0.25) is 10.5 Å². The number of fused-ring (bicyclic) bond motifs is 2. The minimum Gasteiger partial charge on any atom is -0.497 e. The van der Waals surface area contributed by atoms with Crippen LogP contribution in [0.15, 0.2) is 35.6 Å². The molecule has 7 heteroatoms. The summed E-state index contributed by atoms with van der Waals surface area (Å²) in [7, 11) is 1.66. The number of benzene rings is 1. The predicted octanol–water partition coefficient (Wildman–Crippen LogP) is 3.07. The molecule has 2 aromatic rings. The fourth-order valence-electron chi connectivity index (χ4n) is 4.16. The van der Waals surface area contributed by atoms with Gasteiger partial charge in [-0.05, 0) is 67.6 Å². The van der Waals surface area contributed by atoms with Gasteiger partial charge in [-0.1, -0.05) is 6.42 Å². The van der Waals surface area contributed by atoms with Gasteiger partial charge in [0.05, 0.1) is 25.2 Å². The number of thiocarbonyl (C=S) groups is 1. The Morgan fingerprint density at radius 3 is 2.85 bits per heavy atom. The van der Waals surface area contributed by atoms with Crippen molar-refractivity contribution in [3.8, 4) is 17.0 Å². The quantitative estimate of drug-likeness (QED) is 0.429. The first-order valence-electron chi connectivity index (χ1n) is 9.00. The number of nitrogens with one attached hydrogen (secondary N) is 3. The van der Waals surface area contributed by atoms with Crippen LogP contribution in [0.4, 0.5) is 0 Å². The first-order valence-corrected chi connectivity index (χ1v) is 9.41. The van der Waals surface area contributed by atoms with Crippen molar-refractivity contribution in [3.63, 3.8) is 0 Å². The zero-order valence-corrected chi connectivity index (χ0v) is 15.6. The molecule has 2 fully saturated rings. The number of aromatic amines is 1. The van der Waals surface area contributed by atoms with Crippen molar-refractivity contribution in [2.45, 2.75) is 31.7 Å².